The minimum Gasteiger partial charge on any atom is -0.478 e. The van der Waals surface area contributed by atoms with E-state index in [1.165, 1.54) is 22.5 Å². The van der Waals surface area contributed by atoms with E-state index in [4.69, 9.17) is 5.11 Å². The van der Waals surface area contributed by atoms with Gasteiger partial charge in [-0.05, 0) is 84.4 Å². The molecule has 33 heavy (non-hydrogen) atoms. The lowest BCUT2D eigenvalue weighted by Gasteiger charge is -2.24. The van der Waals surface area contributed by atoms with Gasteiger partial charge in [0.1, 0.15) is 5.00 Å². The van der Waals surface area contributed by atoms with Gasteiger partial charge in [0.05, 0.1) is 5.56 Å². The van der Waals surface area contributed by atoms with Crippen LogP contribution in [0.5, 0.6) is 0 Å². The number of aliphatic hydroxyl groups is 1. The average molecular weight is 465 g/mol. The van der Waals surface area contributed by atoms with Gasteiger partial charge in [0, 0.05) is 24.4 Å². The summed E-state index contributed by atoms with van der Waals surface area (Å²) in [5, 5.41) is 27.1. The maximum absolute atomic E-state index is 12.8. The number of amides is 1. The lowest BCUT2D eigenvalue weighted by atomic mass is 9.80. The highest BCUT2D eigenvalue weighted by molar-refractivity contribution is 7.15. The number of fused-ring (bicyclic) bond motifs is 1. The van der Waals surface area contributed by atoms with Crippen molar-refractivity contribution in [3.63, 3.8) is 0 Å². The molecule has 6 nitrogen and oxygen atoms in total. The van der Waals surface area contributed by atoms with Crippen LogP contribution >= 0.6 is 11.3 Å². The Kier molecular flexibility index (Phi) is 7.42. The number of carbonyl (C=O) groups is 2. The standard InChI is InChI=1S/C26H28N2O4S/c29-14-4-3-13-27-21-11-9-18(10-12-21)24(30)28-25-23(26(31)32)22(16-33-25)20-8-7-17-5-1-2-6-19(17)15-20/h1-2,5-6,9-12,16,20,27,29H,3-4,7-8,13-15H2,(H,28,30)(H,31,32). The van der Waals surface area contributed by atoms with Crippen molar-refractivity contribution in [1.29, 1.82) is 0 Å². The van der Waals surface area contributed by atoms with Crippen LogP contribution in [0.25, 0.3) is 0 Å². The number of anilines is 2. The first-order valence-corrected chi connectivity index (χ1v) is 12.1. The number of rotatable bonds is 9. The van der Waals surface area contributed by atoms with Crippen LogP contribution in [0.15, 0.2) is 53.9 Å². The van der Waals surface area contributed by atoms with Gasteiger partial charge in [0.25, 0.3) is 5.91 Å². The van der Waals surface area contributed by atoms with Gasteiger partial charge >= 0.3 is 5.97 Å². The van der Waals surface area contributed by atoms with E-state index < -0.39 is 5.97 Å². The normalized spacial score (nSPS) is 15.0. The van der Waals surface area contributed by atoms with Crippen molar-refractivity contribution >= 4 is 33.9 Å². The van der Waals surface area contributed by atoms with Gasteiger partial charge in [0.15, 0.2) is 0 Å². The number of carboxylic acid groups (broad SMARTS) is 1. The molecule has 4 rings (SSSR count). The maximum Gasteiger partial charge on any atom is 0.339 e. The molecule has 1 amide bonds. The summed E-state index contributed by atoms with van der Waals surface area (Å²) in [6.07, 6.45) is 4.25. The molecule has 0 fully saturated rings. The molecular formula is C26H28N2O4S. The molecule has 0 saturated heterocycles. The SMILES string of the molecule is O=C(Nc1scc(C2CCc3ccccc3C2)c1C(=O)O)c1ccc(NCCCCO)cc1. The summed E-state index contributed by atoms with van der Waals surface area (Å²) in [5.41, 5.74) is 4.98. The number of carbonyl (C=O) groups excluding carboxylic acids is 1. The van der Waals surface area contributed by atoms with Crippen molar-refractivity contribution in [3.05, 3.63) is 81.7 Å². The molecule has 4 N–H and O–H groups in total. The molecule has 3 aromatic rings. The maximum atomic E-state index is 12.8. The van der Waals surface area contributed by atoms with E-state index in [9.17, 15) is 14.7 Å². The zero-order valence-corrected chi connectivity index (χ0v) is 19.2. The average Bonchev–Trinajstić information content (AvgIpc) is 3.25. The predicted octanol–water partition coefficient (Wildman–Crippen LogP) is 5.16. The van der Waals surface area contributed by atoms with Crippen molar-refractivity contribution in [2.24, 2.45) is 0 Å². The lowest BCUT2D eigenvalue weighted by Crippen LogP contribution is -2.17. The first-order valence-electron chi connectivity index (χ1n) is 11.2. The summed E-state index contributed by atoms with van der Waals surface area (Å²) in [6.45, 7) is 0.926. The molecule has 1 unspecified atom stereocenters. The van der Waals surface area contributed by atoms with E-state index >= 15 is 0 Å². The molecule has 172 valence electrons. The van der Waals surface area contributed by atoms with Crippen molar-refractivity contribution in [2.45, 2.75) is 38.0 Å². The Labute approximate surface area is 197 Å². The van der Waals surface area contributed by atoms with E-state index in [1.807, 2.05) is 29.6 Å². The van der Waals surface area contributed by atoms with Crippen LogP contribution in [0, 0.1) is 0 Å². The summed E-state index contributed by atoms with van der Waals surface area (Å²) < 4.78 is 0. The van der Waals surface area contributed by atoms with Crippen LogP contribution < -0.4 is 10.6 Å². The summed E-state index contributed by atoms with van der Waals surface area (Å²) >= 11 is 1.28. The first-order chi connectivity index (χ1) is 16.1. The third-order valence-corrected chi connectivity index (χ3v) is 7.02. The van der Waals surface area contributed by atoms with Gasteiger partial charge in [-0.3, -0.25) is 4.79 Å². The molecule has 2 aromatic carbocycles. The van der Waals surface area contributed by atoms with E-state index in [0.29, 0.717) is 10.6 Å². The summed E-state index contributed by atoms with van der Waals surface area (Å²) in [6, 6.07) is 15.4. The smallest absolute Gasteiger partial charge is 0.339 e. The summed E-state index contributed by atoms with van der Waals surface area (Å²) in [4.78, 5) is 24.9. The van der Waals surface area contributed by atoms with Crippen LogP contribution in [0.2, 0.25) is 0 Å². The van der Waals surface area contributed by atoms with Crippen LogP contribution in [0.1, 0.15) is 62.6 Å². The second kappa shape index (κ2) is 10.6. The number of hydrogen-bond acceptors (Lipinski definition) is 5. The van der Waals surface area contributed by atoms with Crippen molar-refractivity contribution in [2.75, 3.05) is 23.8 Å². The molecule has 0 spiro atoms. The van der Waals surface area contributed by atoms with E-state index in [-0.39, 0.29) is 24.0 Å². The van der Waals surface area contributed by atoms with Gasteiger partial charge in [-0.15, -0.1) is 11.3 Å². The minimum atomic E-state index is -1.01. The molecule has 0 bridgehead atoms. The molecule has 7 heteroatoms. The highest BCUT2D eigenvalue weighted by Crippen LogP contribution is 2.39. The van der Waals surface area contributed by atoms with Crippen molar-refractivity contribution < 1.29 is 19.8 Å². The van der Waals surface area contributed by atoms with Gasteiger partial charge in [-0.25, -0.2) is 4.79 Å². The molecule has 0 aliphatic heterocycles. The van der Waals surface area contributed by atoms with Crippen molar-refractivity contribution in [1.82, 2.24) is 0 Å². The van der Waals surface area contributed by atoms with Crippen LogP contribution in [-0.4, -0.2) is 35.2 Å². The fourth-order valence-corrected chi connectivity index (χ4v) is 5.36. The van der Waals surface area contributed by atoms with Gasteiger partial charge in [-0.1, -0.05) is 24.3 Å². The zero-order chi connectivity index (χ0) is 23.2. The molecular weight excluding hydrogens is 436 g/mol. The second-order valence-corrected chi connectivity index (χ2v) is 9.18. The number of nitrogens with one attached hydrogen (secondary N) is 2. The Morgan fingerprint density at radius 1 is 1.03 bits per heavy atom. The lowest BCUT2D eigenvalue weighted by molar-refractivity contribution is 0.0696. The Balaban J connectivity index is 1.46. The van der Waals surface area contributed by atoms with E-state index in [1.54, 1.807) is 12.1 Å². The van der Waals surface area contributed by atoms with Crippen molar-refractivity contribution in [3.8, 4) is 0 Å². The van der Waals surface area contributed by atoms with Gasteiger partial charge < -0.3 is 20.8 Å². The Hall–Kier alpha value is -3.16. The van der Waals surface area contributed by atoms with E-state index in [0.717, 1.165) is 49.9 Å². The summed E-state index contributed by atoms with van der Waals surface area (Å²) in [7, 11) is 0. The molecule has 0 saturated carbocycles. The Morgan fingerprint density at radius 3 is 2.52 bits per heavy atom. The van der Waals surface area contributed by atoms with Crippen LogP contribution in [0.3, 0.4) is 0 Å². The first kappa shape index (κ1) is 23.0. The molecule has 1 aliphatic carbocycles. The van der Waals surface area contributed by atoms with E-state index in [2.05, 4.69) is 22.8 Å². The van der Waals surface area contributed by atoms with Crippen LogP contribution in [-0.2, 0) is 12.8 Å². The predicted molar refractivity (Wildman–Crippen MR) is 132 cm³/mol. The fraction of sp³-hybridized carbons (Fsp3) is 0.308. The number of benzene rings is 2. The molecule has 1 atom stereocenters. The quantitative estimate of drug-likeness (QED) is 0.328. The van der Waals surface area contributed by atoms with Crippen LogP contribution in [0.4, 0.5) is 10.7 Å². The Morgan fingerprint density at radius 2 is 1.79 bits per heavy atom. The third-order valence-electron chi connectivity index (χ3n) is 6.11. The third kappa shape index (κ3) is 5.43. The largest absolute Gasteiger partial charge is 0.478 e. The highest BCUT2D eigenvalue weighted by Gasteiger charge is 2.28. The molecule has 1 aliphatic rings. The van der Waals surface area contributed by atoms with Gasteiger partial charge in [-0.2, -0.15) is 0 Å². The monoisotopic (exact) mass is 464 g/mol. The number of carboxylic acids is 1. The summed E-state index contributed by atoms with van der Waals surface area (Å²) in [5.74, 6) is -1.21. The second-order valence-electron chi connectivity index (χ2n) is 8.30. The number of hydrogen-bond donors (Lipinski definition) is 4. The molecule has 0 radical (unpaired) electrons. The highest BCUT2D eigenvalue weighted by atomic mass is 32.1. The Bertz CT molecular complexity index is 1120. The molecule has 1 heterocycles. The zero-order valence-electron chi connectivity index (χ0n) is 18.3. The minimum absolute atomic E-state index is 0.129. The van der Waals surface area contributed by atoms with Gasteiger partial charge in [0.2, 0.25) is 0 Å². The number of aryl methyl sites for hydroxylation is 1. The number of aromatic carboxylic acids is 1. The fourth-order valence-electron chi connectivity index (χ4n) is 4.33. The number of unbranched alkanes of at least 4 members (excludes halogenated alkanes) is 1. The molecule has 1 aromatic heterocycles. The topological polar surface area (TPSA) is 98.7 Å². The number of thiophene rings is 1. The number of aliphatic hydroxyl groups excluding tert-OH is 1.